The molecule has 2 heterocycles. The van der Waals surface area contributed by atoms with Crippen LogP contribution in [-0.2, 0) is 18.3 Å². The van der Waals surface area contributed by atoms with Gasteiger partial charge in [-0.3, -0.25) is 9.59 Å². The third-order valence-corrected chi connectivity index (χ3v) is 3.43. The number of ether oxygens (including phenoxy) is 1. The first-order chi connectivity index (χ1) is 10.6. The normalized spacial score (nSPS) is 13.0. The zero-order valence-electron chi connectivity index (χ0n) is 12.1. The van der Waals surface area contributed by atoms with Crippen molar-refractivity contribution in [1.82, 2.24) is 14.9 Å². The number of anilines is 1. The van der Waals surface area contributed by atoms with Gasteiger partial charge in [-0.15, -0.1) is 0 Å². The molecular weight excluding hydrogens is 284 g/mol. The van der Waals surface area contributed by atoms with Crippen molar-refractivity contribution in [3.63, 3.8) is 0 Å². The maximum atomic E-state index is 12.1. The van der Waals surface area contributed by atoms with Gasteiger partial charge in [0.2, 0.25) is 0 Å². The lowest BCUT2D eigenvalue weighted by atomic mass is 10.1. The topological polar surface area (TPSA) is 85.2 Å². The van der Waals surface area contributed by atoms with Crippen molar-refractivity contribution in [2.75, 3.05) is 18.5 Å². The molecule has 0 spiro atoms. The van der Waals surface area contributed by atoms with E-state index in [4.69, 9.17) is 4.74 Å². The average Bonchev–Trinajstić information content (AvgIpc) is 2.92. The smallest absolute Gasteiger partial charge is 0.262 e. The van der Waals surface area contributed by atoms with Crippen LogP contribution in [0.15, 0.2) is 30.6 Å². The van der Waals surface area contributed by atoms with Crippen molar-refractivity contribution in [3.8, 4) is 5.75 Å². The van der Waals surface area contributed by atoms with Crippen LogP contribution in [0.1, 0.15) is 16.2 Å². The van der Waals surface area contributed by atoms with Crippen LogP contribution in [0.3, 0.4) is 0 Å². The molecule has 1 aliphatic rings. The monoisotopic (exact) mass is 300 g/mol. The van der Waals surface area contributed by atoms with Gasteiger partial charge in [0.15, 0.2) is 6.61 Å². The van der Waals surface area contributed by atoms with Crippen LogP contribution in [0.25, 0.3) is 0 Å². The van der Waals surface area contributed by atoms with Crippen LogP contribution in [-0.4, -0.2) is 34.5 Å². The van der Waals surface area contributed by atoms with Crippen LogP contribution in [0.2, 0.25) is 0 Å². The van der Waals surface area contributed by atoms with E-state index in [0.29, 0.717) is 30.0 Å². The maximum Gasteiger partial charge on any atom is 0.262 e. The fourth-order valence-electron chi connectivity index (χ4n) is 2.24. The molecule has 1 aliphatic heterocycles. The molecule has 114 valence electrons. The van der Waals surface area contributed by atoms with Crippen molar-refractivity contribution in [1.29, 1.82) is 0 Å². The number of aromatic nitrogens is 2. The van der Waals surface area contributed by atoms with Crippen molar-refractivity contribution >= 4 is 17.5 Å². The lowest BCUT2D eigenvalue weighted by molar-refractivity contribution is -0.118. The minimum atomic E-state index is -0.195. The summed E-state index contributed by atoms with van der Waals surface area (Å²) in [6.07, 6.45) is 4.26. The number of amides is 2. The lowest BCUT2D eigenvalue weighted by Gasteiger charge is -2.18. The number of nitrogens with one attached hydrogen (secondary N) is 2. The summed E-state index contributed by atoms with van der Waals surface area (Å²) in [4.78, 5) is 27.5. The Kier molecular flexibility index (Phi) is 3.78. The molecule has 7 nitrogen and oxygen atoms in total. The number of nitrogens with zero attached hydrogens (tertiary/aromatic N) is 2. The highest BCUT2D eigenvalue weighted by molar-refractivity contribution is 5.98. The van der Waals surface area contributed by atoms with Crippen molar-refractivity contribution in [2.45, 2.75) is 6.42 Å². The molecule has 0 fully saturated rings. The number of aryl methyl sites for hydroxylation is 1. The quantitative estimate of drug-likeness (QED) is 0.871. The van der Waals surface area contributed by atoms with E-state index in [1.54, 1.807) is 24.4 Å². The van der Waals surface area contributed by atoms with Crippen LogP contribution in [0.5, 0.6) is 5.75 Å². The first-order valence-electron chi connectivity index (χ1n) is 6.94. The molecule has 0 saturated carbocycles. The Balaban J connectivity index is 1.61. The molecule has 2 aromatic rings. The number of carbonyl (C=O) groups is 2. The average molecular weight is 300 g/mol. The largest absolute Gasteiger partial charge is 0.482 e. The van der Waals surface area contributed by atoms with Gasteiger partial charge < -0.3 is 19.9 Å². The SMILES string of the molecule is Cn1ccnc1CCNC(=O)c1ccc2c(c1)OCC(=O)N2. The Hall–Kier alpha value is -2.83. The molecule has 1 aromatic heterocycles. The minimum absolute atomic E-state index is 0.0305. The van der Waals surface area contributed by atoms with Crippen LogP contribution in [0.4, 0.5) is 5.69 Å². The van der Waals surface area contributed by atoms with Gasteiger partial charge in [-0.25, -0.2) is 4.98 Å². The molecule has 2 amide bonds. The van der Waals surface area contributed by atoms with Crippen molar-refractivity contribution in [3.05, 3.63) is 42.0 Å². The number of hydrogen-bond donors (Lipinski definition) is 2. The Labute approximate surface area is 127 Å². The molecule has 1 aromatic carbocycles. The molecule has 0 bridgehead atoms. The summed E-state index contributed by atoms with van der Waals surface area (Å²) in [5, 5.41) is 5.53. The maximum absolute atomic E-state index is 12.1. The fraction of sp³-hybridized carbons (Fsp3) is 0.267. The Morgan fingerprint density at radius 1 is 1.50 bits per heavy atom. The second-order valence-corrected chi connectivity index (χ2v) is 5.01. The van der Waals surface area contributed by atoms with E-state index in [-0.39, 0.29) is 18.4 Å². The van der Waals surface area contributed by atoms with Gasteiger partial charge >= 0.3 is 0 Å². The molecule has 0 saturated heterocycles. The molecule has 0 atom stereocenters. The zero-order valence-corrected chi connectivity index (χ0v) is 12.1. The highest BCUT2D eigenvalue weighted by Crippen LogP contribution is 2.28. The molecule has 2 N–H and O–H groups in total. The zero-order chi connectivity index (χ0) is 15.5. The van der Waals surface area contributed by atoms with Gasteiger partial charge in [0.05, 0.1) is 5.69 Å². The van der Waals surface area contributed by atoms with Gasteiger partial charge in [0.25, 0.3) is 11.8 Å². The Bertz CT molecular complexity index is 723. The summed E-state index contributed by atoms with van der Waals surface area (Å²) in [5.41, 5.74) is 1.08. The van der Waals surface area contributed by atoms with E-state index in [2.05, 4.69) is 15.6 Å². The Morgan fingerprint density at radius 3 is 3.14 bits per heavy atom. The highest BCUT2D eigenvalue weighted by atomic mass is 16.5. The third-order valence-electron chi connectivity index (χ3n) is 3.43. The summed E-state index contributed by atoms with van der Waals surface area (Å²) in [7, 11) is 1.92. The molecular formula is C15H16N4O3. The number of hydrogen-bond acceptors (Lipinski definition) is 4. The van der Waals surface area contributed by atoms with Crippen LogP contribution >= 0.6 is 0 Å². The van der Waals surface area contributed by atoms with Gasteiger partial charge in [0, 0.05) is 38.0 Å². The number of fused-ring (bicyclic) bond motifs is 1. The summed E-state index contributed by atoms with van der Waals surface area (Å²) in [6, 6.07) is 4.95. The van der Waals surface area contributed by atoms with E-state index in [1.165, 1.54) is 0 Å². The molecule has 3 rings (SSSR count). The molecule has 0 unspecified atom stereocenters. The van der Waals surface area contributed by atoms with Crippen LogP contribution in [0, 0.1) is 0 Å². The van der Waals surface area contributed by atoms with Crippen molar-refractivity contribution in [2.24, 2.45) is 7.05 Å². The number of rotatable bonds is 4. The van der Waals surface area contributed by atoms with E-state index >= 15 is 0 Å². The van der Waals surface area contributed by atoms with Crippen LogP contribution < -0.4 is 15.4 Å². The summed E-state index contributed by atoms with van der Waals surface area (Å²) >= 11 is 0. The molecule has 22 heavy (non-hydrogen) atoms. The lowest BCUT2D eigenvalue weighted by Crippen LogP contribution is -2.28. The third kappa shape index (κ3) is 2.93. The second kappa shape index (κ2) is 5.88. The molecule has 0 radical (unpaired) electrons. The van der Waals surface area contributed by atoms with E-state index in [1.807, 2.05) is 17.8 Å². The fourth-order valence-corrected chi connectivity index (χ4v) is 2.24. The van der Waals surface area contributed by atoms with Gasteiger partial charge in [-0.1, -0.05) is 0 Å². The number of benzene rings is 1. The van der Waals surface area contributed by atoms with E-state index in [0.717, 1.165) is 5.82 Å². The number of carbonyl (C=O) groups excluding carboxylic acids is 2. The summed E-state index contributed by atoms with van der Waals surface area (Å²) in [6.45, 7) is 0.468. The van der Waals surface area contributed by atoms with Gasteiger partial charge in [-0.05, 0) is 18.2 Å². The van der Waals surface area contributed by atoms with E-state index in [9.17, 15) is 9.59 Å². The predicted octanol–water partition coefficient (Wildman–Crippen LogP) is 0.723. The summed E-state index contributed by atoms with van der Waals surface area (Å²) in [5.74, 6) is 1.05. The molecule has 7 heteroatoms. The van der Waals surface area contributed by atoms with E-state index < -0.39 is 0 Å². The standard InChI is InChI=1S/C15H16N4O3/c1-19-7-6-16-13(19)4-5-17-15(21)10-2-3-11-12(8-10)22-9-14(20)18-11/h2-3,6-8H,4-5,9H2,1H3,(H,17,21)(H,18,20). The number of imidazole rings is 1. The first kappa shape index (κ1) is 14.1. The van der Waals surface area contributed by atoms with Crippen molar-refractivity contribution < 1.29 is 14.3 Å². The highest BCUT2D eigenvalue weighted by Gasteiger charge is 2.17. The first-order valence-corrected chi connectivity index (χ1v) is 6.94. The van der Waals surface area contributed by atoms with Gasteiger partial charge in [-0.2, -0.15) is 0 Å². The Morgan fingerprint density at radius 2 is 2.36 bits per heavy atom. The van der Waals surface area contributed by atoms with Gasteiger partial charge in [0.1, 0.15) is 11.6 Å². The minimum Gasteiger partial charge on any atom is -0.482 e. The summed E-state index contributed by atoms with van der Waals surface area (Å²) < 4.78 is 7.22. The molecule has 0 aliphatic carbocycles. The predicted molar refractivity (Wildman–Crippen MR) is 79.8 cm³/mol. The second-order valence-electron chi connectivity index (χ2n) is 5.01.